The molecule has 0 amide bonds. The summed E-state index contributed by atoms with van der Waals surface area (Å²) in [5.74, 6) is -0.756. The molecule has 0 saturated heterocycles. The van der Waals surface area contributed by atoms with E-state index >= 15 is 0 Å². The largest absolute Gasteiger partial charge is 0.462 e. The number of ether oxygens (including phenoxy) is 1. The van der Waals surface area contributed by atoms with Crippen LogP contribution in [0, 0.1) is 11.3 Å². The molecule has 0 N–H and O–H groups in total. The second-order valence-corrected chi connectivity index (χ2v) is 4.62. The lowest BCUT2D eigenvalue weighted by Crippen LogP contribution is -2.26. The Morgan fingerprint density at radius 2 is 1.86 bits per heavy atom. The van der Waals surface area contributed by atoms with Crippen molar-refractivity contribution in [2.75, 3.05) is 6.61 Å². The SMILES string of the molecule is CCOC(=O)/C(C#N)=c1/c(=O)c2cccc3cccc1c32. The molecular formula is C17H11NO3. The van der Waals surface area contributed by atoms with E-state index in [-0.39, 0.29) is 22.8 Å². The Morgan fingerprint density at radius 3 is 2.48 bits per heavy atom. The molecule has 0 aromatic heterocycles. The molecule has 0 saturated carbocycles. The normalized spacial score (nSPS) is 12.4. The fourth-order valence-corrected chi connectivity index (χ4v) is 2.65. The number of hydrogen-bond donors (Lipinski definition) is 0. The number of esters is 1. The molecule has 4 heteroatoms. The summed E-state index contributed by atoms with van der Waals surface area (Å²) in [5, 5.41) is 12.3. The Balaban J connectivity index is 2.58. The summed E-state index contributed by atoms with van der Waals surface area (Å²) in [6, 6.07) is 12.7. The van der Waals surface area contributed by atoms with Crippen molar-refractivity contribution in [2.24, 2.45) is 0 Å². The highest BCUT2D eigenvalue weighted by atomic mass is 16.5. The zero-order valence-corrected chi connectivity index (χ0v) is 11.3. The molecule has 0 aliphatic carbocycles. The molecule has 21 heavy (non-hydrogen) atoms. The van der Waals surface area contributed by atoms with Crippen molar-refractivity contribution in [3.63, 3.8) is 0 Å². The Hall–Kier alpha value is -2.93. The molecule has 0 atom stereocenters. The molecule has 0 heterocycles. The van der Waals surface area contributed by atoms with Gasteiger partial charge in [0.25, 0.3) is 0 Å². The molecule has 0 aliphatic heterocycles. The highest BCUT2D eigenvalue weighted by Gasteiger charge is 2.18. The smallest absolute Gasteiger partial charge is 0.349 e. The van der Waals surface area contributed by atoms with Crippen LogP contribution in [0.15, 0.2) is 41.2 Å². The van der Waals surface area contributed by atoms with Crippen LogP contribution in [0.1, 0.15) is 6.92 Å². The first-order chi connectivity index (χ1) is 10.2. The van der Waals surface area contributed by atoms with Crippen LogP contribution >= 0.6 is 0 Å². The molecule has 0 fully saturated rings. The van der Waals surface area contributed by atoms with Crippen molar-refractivity contribution < 1.29 is 9.53 Å². The summed E-state index contributed by atoms with van der Waals surface area (Å²) < 4.78 is 4.88. The Morgan fingerprint density at radius 1 is 1.19 bits per heavy atom. The van der Waals surface area contributed by atoms with Crippen molar-refractivity contribution in [3.05, 3.63) is 51.8 Å². The standard InChI is InChI=1S/C17H11NO3/c1-2-21-17(20)13(9-18)15-11-7-3-5-10-6-4-8-12(14(10)11)16(15)19/h3-8H,2H2,1H3/b15-13+. The molecule has 0 bridgehead atoms. The lowest BCUT2D eigenvalue weighted by Gasteiger charge is -1.99. The van der Waals surface area contributed by atoms with Crippen LogP contribution in [0.5, 0.6) is 0 Å². The van der Waals surface area contributed by atoms with E-state index in [0.29, 0.717) is 10.8 Å². The first kappa shape index (κ1) is 13.1. The number of nitrogens with zero attached hydrogens (tertiary/aromatic N) is 1. The molecule has 102 valence electrons. The minimum atomic E-state index is -0.756. The summed E-state index contributed by atoms with van der Waals surface area (Å²) in [7, 11) is 0. The maximum Gasteiger partial charge on any atom is 0.349 e. The van der Waals surface area contributed by atoms with Crippen LogP contribution in [-0.4, -0.2) is 12.6 Å². The molecule has 4 nitrogen and oxygen atoms in total. The van der Waals surface area contributed by atoms with E-state index in [1.165, 1.54) is 0 Å². The lowest BCUT2D eigenvalue weighted by atomic mass is 10.1. The van der Waals surface area contributed by atoms with E-state index in [1.807, 2.05) is 18.2 Å². The minimum Gasteiger partial charge on any atom is -0.462 e. The number of carbonyl (C=O) groups excluding carboxylic acids is 1. The van der Waals surface area contributed by atoms with Gasteiger partial charge >= 0.3 is 5.97 Å². The Kier molecular flexibility index (Phi) is 3.03. The molecule has 3 aromatic carbocycles. The second kappa shape index (κ2) is 4.88. The van der Waals surface area contributed by atoms with Crippen LogP contribution in [0.3, 0.4) is 0 Å². The number of carbonyl (C=O) groups is 1. The first-order valence-corrected chi connectivity index (χ1v) is 6.57. The van der Waals surface area contributed by atoms with Gasteiger partial charge in [0, 0.05) is 10.8 Å². The minimum absolute atomic E-state index is 0.141. The van der Waals surface area contributed by atoms with Gasteiger partial charge in [0.05, 0.1) is 11.8 Å². The van der Waals surface area contributed by atoms with E-state index in [2.05, 4.69) is 0 Å². The van der Waals surface area contributed by atoms with E-state index in [0.717, 1.165) is 10.8 Å². The van der Waals surface area contributed by atoms with Gasteiger partial charge in [-0.15, -0.1) is 0 Å². The van der Waals surface area contributed by atoms with Crippen molar-refractivity contribution in [1.29, 1.82) is 5.26 Å². The molecule has 0 aliphatic rings. The number of benzene rings is 2. The molecule has 0 unspecified atom stereocenters. The maximum absolute atomic E-state index is 12.6. The quantitative estimate of drug-likeness (QED) is 0.669. The topological polar surface area (TPSA) is 67.2 Å². The predicted molar refractivity (Wildman–Crippen MR) is 79.8 cm³/mol. The van der Waals surface area contributed by atoms with Crippen LogP contribution < -0.4 is 10.6 Å². The van der Waals surface area contributed by atoms with Crippen LogP contribution in [0.4, 0.5) is 0 Å². The summed E-state index contributed by atoms with van der Waals surface area (Å²) in [6.45, 7) is 1.81. The van der Waals surface area contributed by atoms with E-state index in [1.54, 1.807) is 31.2 Å². The fraction of sp³-hybridized carbons (Fsp3) is 0.118. The van der Waals surface area contributed by atoms with Gasteiger partial charge < -0.3 is 4.74 Å². The average molecular weight is 277 g/mol. The van der Waals surface area contributed by atoms with Gasteiger partial charge in [0.2, 0.25) is 0 Å². The van der Waals surface area contributed by atoms with E-state index < -0.39 is 5.97 Å². The Labute approximate surface area is 120 Å². The number of hydrogen-bond acceptors (Lipinski definition) is 4. The molecular weight excluding hydrogens is 266 g/mol. The van der Waals surface area contributed by atoms with Gasteiger partial charge in [-0.2, -0.15) is 5.26 Å². The molecule has 3 aromatic rings. The third-order valence-electron chi connectivity index (χ3n) is 3.49. The molecule has 0 spiro atoms. The zero-order valence-electron chi connectivity index (χ0n) is 11.3. The van der Waals surface area contributed by atoms with Crippen LogP contribution in [0.25, 0.3) is 27.1 Å². The van der Waals surface area contributed by atoms with Gasteiger partial charge in [-0.3, -0.25) is 4.79 Å². The molecule has 3 rings (SSSR count). The van der Waals surface area contributed by atoms with E-state index in [4.69, 9.17) is 4.74 Å². The van der Waals surface area contributed by atoms with Gasteiger partial charge in [0.15, 0.2) is 5.43 Å². The third kappa shape index (κ3) is 1.83. The fourth-order valence-electron chi connectivity index (χ4n) is 2.65. The van der Waals surface area contributed by atoms with Crippen molar-refractivity contribution >= 4 is 33.1 Å². The monoisotopic (exact) mass is 277 g/mol. The van der Waals surface area contributed by atoms with Crippen molar-refractivity contribution in [2.45, 2.75) is 6.92 Å². The summed E-state index contributed by atoms with van der Waals surface area (Å²) in [6.07, 6.45) is 0. The third-order valence-corrected chi connectivity index (χ3v) is 3.49. The van der Waals surface area contributed by atoms with Crippen molar-refractivity contribution in [3.8, 4) is 6.07 Å². The number of nitriles is 1. The zero-order chi connectivity index (χ0) is 15.0. The lowest BCUT2D eigenvalue weighted by molar-refractivity contribution is -0.136. The van der Waals surface area contributed by atoms with Gasteiger partial charge in [0.1, 0.15) is 11.6 Å². The van der Waals surface area contributed by atoms with Gasteiger partial charge in [-0.1, -0.05) is 36.4 Å². The van der Waals surface area contributed by atoms with Crippen LogP contribution in [-0.2, 0) is 9.53 Å². The van der Waals surface area contributed by atoms with Gasteiger partial charge in [-0.05, 0) is 17.7 Å². The summed E-state index contributed by atoms with van der Waals surface area (Å²) >= 11 is 0. The Bertz CT molecular complexity index is 993. The summed E-state index contributed by atoms with van der Waals surface area (Å²) in [4.78, 5) is 24.5. The molecule has 0 radical (unpaired) electrons. The average Bonchev–Trinajstić information content (AvgIpc) is 2.77. The highest BCUT2D eigenvalue weighted by Crippen LogP contribution is 2.23. The summed E-state index contributed by atoms with van der Waals surface area (Å²) in [5.41, 5.74) is -0.531. The van der Waals surface area contributed by atoms with Gasteiger partial charge in [-0.25, -0.2) is 4.79 Å². The first-order valence-electron chi connectivity index (χ1n) is 6.57. The van der Waals surface area contributed by atoms with Crippen molar-refractivity contribution in [1.82, 2.24) is 0 Å². The number of rotatable bonds is 2. The predicted octanol–water partition coefficient (Wildman–Crippen LogP) is 1.75. The highest BCUT2D eigenvalue weighted by molar-refractivity contribution is 6.20. The van der Waals surface area contributed by atoms with Crippen LogP contribution in [0.2, 0.25) is 0 Å². The second-order valence-electron chi connectivity index (χ2n) is 4.62. The van der Waals surface area contributed by atoms with E-state index in [9.17, 15) is 14.9 Å². The maximum atomic E-state index is 12.6.